The quantitative estimate of drug-likeness (QED) is 0.0734. The molecule has 7 N–H and O–H groups in total. The van der Waals surface area contributed by atoms with E-state index in [0.717, 1.165) is 69.7 Å². The Morgan fingerprint density at radius 2 is 0.897 bits per heavy atom. The molecule has 0 spiro atoms. The average Bonchev–Trinajstić information content (AvgIpc) is 2.03. The first kappa shape index (κ1) is 62.7. The van der Waals surface area contributed by atoms with Gasteiger partial charge in [0.2, 0.25) is 5.91 Å². The number of nitrogens with zero attached hydrogens (tertiary/aromatic N) is 10. The number of nitrogens with one attached hydrogen (secondary N) is 5. The van der Waals surface area contributed by atoms with Gasteiger partial charge in [0.1, 0.15) is 55.6 Å². The second kappa shape index (κ2) is 27.6. The van der Waals surface area contributed by atoms with Crippen molar-refractivity contribution in [1.82, 2.24) is 59.9 Å². The summed E-state index contributed by atoms with van der Waals surface area (Å²) in [4.78, 5) is 51.2. The van der Waals surface area contributed by atoms with E-state index in [2.05, 4.69) is 89.1 Å². The number of pyridine rings is 4. The fraction of sp³-hybridized carbons (Fsp3) is 0.177. The van der Waals surface area contributed by atoms with Crippen LogP contribution in [0.4, 0.5) is 46.0 Å². The van der Waals surface area contributed by atoms with Crippen LogP contribution in [-0.4, -0.2) is 89.2 Å². The van der Waals surface area contributed by atoms with Gasteiger partial charge in [-0.15, -0.1) is 0 Å². The highest BCUT2D eigenvalue weighted by atomic mass is 127. The SMILES string of the molecule is CC(=O)Nc1cc2c(/C=C/c3ccc(F)cc3)n[nH]c2cn1.Cn1nc(/C=C/c2ccc(F)cc2)c2cc(NC(=O)OC(C)(C)C)ncc21.Cn1nc(I)c2cc(NC(=O)OC(C)(C)C)ncc21.Nc1cc2c(/C=C/c3ccc(F)cc3)n[nH]c2cn1. The largest absolute Gasteiger partial charge is 0.444 e. The van der Waals surface area contributed by atoms with E-state index in [4.69, 9.17) is 15.2 Å². The molecular weight excluding hydrogens is 1230 g/mol. The number of ether oxygens (including phenoxy) is 2. The Labute approximate surface area is 510 Å². The summed E-state index contributed by atoms with van der Waals surface area (Å²) < 4.78 is 53.4. The smallest absolute Gasteiger partial charge is 0.413 e. The molecule has 11 rings (SSSR count). The van der Waals surface area contributed by atoms with E-state index in [-0.39, 0.29) is 23.4 Å². The van der Waals surface area contributed by atoms with Gasteiger partial charge >= 0.3 is 12.2 Å². The summed E-state index contributed by atoms with van der Waals surface area (Å²) in [6.45, 7) is 12.2. The van der Waals surface area contributed by atoms with Crippen molar-refractivity contribution in [3.8, 4) is 0 Å². The molecule has 8 heterocycles. The first-order valence-electron chi connectivity index (χ1n) is 26.6. The van der Waals surface area contributed by atoms with Gasteiger partial charge in [-0.3, -0.25) is 35.0 Å². The molecular formula is C62H60F3IN16O5. The number of hydrogen-bond acceptors (Lipinski definition) is 14. The first-order chi connectivity index (χ1) is 41.3. The van der Waals surface area contributed by atoms with Gasteiger partial charge in [0, 0.05) is 42.6 Å². The molecule has 0 bridgehead atoms. The zero-order valence-electron chi connectivity index (χ0n) is 48.6. The summed E-state index contributed by atoms with van der Waals surface area (Å²) in [5, 5.41) is 34.3. The van der Waals surface area contributed by atoms with Gasteiger partial charge in [-0.1, -0.05) is 54.6 Å². The Hall–Kier alpha value is -10.3. The van der Waals surface area contributed by atoms with Crippen molar-refractivity contribution in [1.29, 1.82) is 0 Å². The van der Waals surface area contributed by atoms with Crippen molar-refractivity contribution in [2.45, 2.75) is 59.7 Å². The van der Waals surface area contributed by atoms with Crippen molar-refractivity contribution in [2.75, 3.05) is 21.7 Å². The van der Waals surface area contributed by atoms with E-state index in [1.54, 1.807) is 116 Å². The molecule has 0 aliphatic heterocycles. The zero-order chi connectivity index (χ0) is 62.6. The summed E-state index contributed by atoms with van der Waals surface area (Å²) in [7, 11) is 3.67. The van der Waals surface area contributed by atoms with Gasteiger partial charge in [-0.05, 0) is 160 Å². The van der Waals surface area contributed by atoms with Gasteiger partial charge in [0.15, 0.2) is 0 Å². The fourth-order valence-electron chi connectivity index (χ4n) is 8.01. The van der Waals surface area contributed by atoms with Crippen molar-refractivity contribution >= 4 is 144 Å². The van der Waals surface area contributed by atoms with Crippen LogP contribution in [0.15, 0.2) is 122 Å². The summed E-state index contributed by atoms with van der Waals surface area (Å²) in [5.41, 5.74) is 12.7. The number of fused-ring (bicyclic) bond motifs is 4. The number of rotatable bonds is 9. The van der Waals surface area contributed by atoms with Crippen LogP contribution in [0, 0.1) is 21.2 Å². The van der Waals surface area contributed by atoms with E-state index in [1.807, 2.05) is 71.3 Å². The molecule has 0 saturated heterocycles. The minimum absolute atomic E-state index is 0.182. The molecule has 0 atom stereocenters. The third-order valence-electron chi connectivity index (χ3n) is 11.9. The molecule has 0 radical (unpaired) electrons. The predicted octanol–water partition coefficient (Wildman–Crippen LogP) is 13.6. The molecule has 0 aliphatic carbocycles. The Kier molecular flexibility index (Phi) is 19.9. The third-order valence-corrected chi connectivity index (χ3v) is 12.7. The highest BCUT2D eigenvalue weighted by molar-refractivity contribution is 14.1. The van der Waals surface area contributed by atoms with Gasteiger partial charge in [0.25, 0.3) is 0 Å². The maximum absolute atomic E-state index is 13.0. The minimum atomic E-state index is -0.592. The number of aromatic nitrogens is 12. The van der Waals surface area contributed by atoms with Crippen LogP contribution in [0.1, 0.15) is 82.2 Å². The van der Waals surface area contributed by atoms with Crippen LogP contribution in [-0.2, 0) is 28.4 Å². The average molecular weight is 1290 g/mol. The van der Waals surface area contributed by atoms with Crippen LogP contribution < -0.4 is 21.7 Å². The topological polar surface area (TPSA) is 276 Å². The van der Waals surface area contributed by atoms with E-state index in [9.17, 15) is 27.6 Å². The molecule has 446 valence electrons. The van der Waals surface area contributed by atoms with Crippen LogP contribution in [0.5, 0.6) is 0 Å². The lowest BCUT2D eigenvalue weighted by Crippen LogP contribution is -2.27. The normalized spacial score (nSPS) is 11.6. The van der Waals surface area contributed by atoms with E-state index < -0.39 is 23.4 Å². The maximum atomic E-state index is 13.0. The number of carbonyl (C=O) groups excluding carboxylic acids is 3. The second-order valence-corrected chi connectivity index (χ2v) is 22.2. The van der Waals surface area contributed by atoms with Crippen molar-refractivity contribution in [2.24, 2.45) is 14.1 Å². The number of anilines is 4. The summed E-state index contributed by atoms with van der Waals surface area (Å²) in [5.74, 6) is 0.768. The van der Waals surface area contributed by atoms with Gasteiger partial charge < -0.3 is 20.5 Å². The lowest BCUT2D eigenvalue weighted by atomic mass is 10.1. The molecule has 0 aliphatic rings. The fourth-order valence-corrected chi connectivity index (χ4v) is 8.76. The first-order valence-corrected chi connectivity index (χ1v) is 27.7. The highest BCUT2D eigenvalue weighted by Gasteiger charge is 2.19. The molecule has 3 amide bonds. The monoisotopic (exact) mass is 1290 g/mol. The number of aryl methyl sites for hydroxylation is 2. The molecule has 0 unspecified atom stereocenters. The molecule has 3 aromatic carbocycles. The van der Waals surface area contributed by atoms with Crippen LogP contribution in [0.2, 0.25) is 0 Å². The van der Waals surface area contributed by atoms with E-state index in [0.29, 0.717) is 34.7 Å². The molecule has 21 nitrogen and oxygen atoms in total. The number of aromatic amines is 2. The number of hydrogen-bond donors (Lipinski definition) is 6. The van der Waals surface area contributed by atoms with Crippen LogP contribution >= 0.6 is 22.6 Å². The van der Waals surface area contributed by atoms with Gasteiger partial charge in [0.05, 0.1) is 63.9 Å². The molecule has 87 heavy (non-hydrogen) atoms. The minimum Gasteiger partial charge on any atom is -0.444 e. The lowest BCUT2D eigenvalue weighted by molar-refractivity contribution is -0.114. The van der Waals surface area contributed by atoms with Crippen molar-refractivity contribution < 1.29 is 37.0 Å². The summed E-state index contributed by atoms with van der Waals surface area (Å²) >= 11 is 2.15. The standard InChI is InChI=1S/C20H21FN4O2.C16H13FN4O.C14H11FN4.C12H15IN4O2/c1-20(2,3)27-19(26)23-18-11-15-16(24-25(4)17(15)12-22-18)10-7-13-5-8-14(21)9-6-13;1-10(22)19-16-8-13-14(20-21-15(13)9-18-16)7-4-11-2-5-12(17)6-3-11;15-10-4-1-9(2-5-10)3-6-12-11-7-14(16)17-8-13(11)19-18-12;1-12(2,3)19-11(18)15-9-5-7-8(6-14-9)17(4)16-10(7)13/h5-12H,1-4H3,(H,22,23,26);2-9H,1H3,(H,20,21)(H,18,19,22);1-8H,(H2,16,17)(H,18,19);5-6H,1-4H3,(H,14,15,18)/b10-7+;7-4+;6-3+;. The summed E-state index contributed by atoms with van der Waals surface area (Å²) in [6.07, 6.45) is 16.6. The molecule has 11 aromatic rings. The highest BCUT2D eigenvalue weighted by Crippen LogP contribution is 2.26. The molecule has 25 heteroatoms. The van der Waals surface area contributed by atoms with Gasteiger partial charge in [-0.25, -0.2) is 42.7 Å². The van der Waals surface area contributed by atoms with E-state index in [1.165, 1.54) is 43.3 Å². The number of H-pyrrole nitrogens is 2. The van der Waals surface area contributed by atoms with Crippen LogP contribution in [0.25, 0.3) is 80.1 Å². The number of halogens is 4. The van der Waals surface area contributed by atoms with E-state index >= 15 is 0 Å². The van der Waals surface area contributed by atoms with Gasteiger partial charge in [-0.2, -0.15) is 20.4 Å². The number of nitrogen functional groups attached to an aromatic ring is 1. The maximum Gasteiger partial charge on any atom is 0.413 e. The molecule has 0 fully saturated rings. The Bertz CT molecular complexity index is 4330. The number of nitrogens with two attached hydrogens (primary N) is 1. The number of carbonyl (C=O) groups is 3. The summed E-state index contributed by atoms with van der Waals surface area (Å²) in [6, 6.07) is 25.7. The molecule has 0 saturated carbocycles. The van der Waals surface area contributed by atoms with Crippen molar-refractivity contribution in [3.63, 3.8) is 0 Å². The predicted molar refractivity (Wildman–Crippen MR) is 342 cm³/mol. The Morgan fingerprint density at radius 1 is 0.517 bits per heavy atom. The third kappa shape index (κ3) is 18.1. The lowest BCUT2D eigenvalue weighted by Gasteiger charge is -2.19. The Morgan fingerprint density at radius 3 is 1.36 bits per heavy atom. The second-order valence-electron chi connectivity index (χ2n) is 21.2. The number of benzene rings is 3. The van der Waals surface area contributed by atoms with Crippen LogP contribution in [0.3, 0.4) is 0 Å². The zero-order valence-corrected chi connectivity index (χ0v) is 50.8. The number of amides is 3. The molecule has 8 aromatic heterocycles. The Balaban J connectivity index is 0.000000152. The van der Waals surface area contributed by atoms with Crippen molar-refractivity contribution in [3.05, 3.63) is 177 Å².